The summed E-state index contributed by atoms with van der Waals surface area (Å²) in [5.74, 6) is 0. The molecule has 0 heterocycles. The first-order chi connectivity index (χ1) is 31.7. The van der Waals surface area contributed by atoms with E-state index in [1.807, 2.05) is 12.1 Å². The van der Waals surface area contributed by atoms with Crippen molar-refractivity contribution in [3.63, 3.8) is 0 Å². The highest BCUT2D eigenvalue weighted by Crippen LogP contribution is 2.51. The van der Waals surface area contributed by atoms with E-state index in [1.54, 1.807) is 0 Å². The largest absolute Gasteiger partial charge is 0.310 e. The molecule has 0 bridgehead atoms. The molecule has 0 fully saturated rings. The van der Waals surface area contributed by atoms with Gasteiger partial charge in [-0.05, 0) is 152 Å². The zero-order valence-electron chi connectivity index (χ0n) is 39.0. The van der Waals surface area contributed by atoms with Gasteiger partial charge in [0.05, 0.1) is 22.5 Å². The molecule has 66 heavy (non-hydrogen) atoms. The molecular weight excluding hydrogens is 801 g/mol. The van der Waals surface area contributed by atoms with Crippen LogP contribution in [0.1, 0.15) is 74.9 Å². The first-order valence-electron chi connectivity index (χ1n) is 22.8. The first kappa shape index (κ1) is 42.1. The van der Waals surface area contributed by atoms with E-state index < -0.39 is 0 Å². The number of rotatable bonds is 6. The van der Waals surface area contributed by atoms with Crippen molar-refractivity contribution >= 4 is 88.0 Å². The Bertz CT molecular complexity index is 3370. The van der Waals surface area contributed by atoms with Gasteiger partial charge in [-0.15, -0.1) is 0 Å². The van der Waals surface area contributed by atoms with Gasteiger partial charge in [0.15, 0.2) is 0 Å². The van der Waals surface area contributed by atoms with Crippen LogP contribution in [0.3, 0.4) is 0 Å². The minimum absolute atomic E-state index is 0.000254. The molecule has 0 aliphatic heterocycles. The fraction of sp³-hybridized carbons (Fsp3) is 0.161. The molecule has 0 aromatic heterocycles. The lowest BCUT2D eigenvalue weighted by molar-refractivity contribution is 0.590. The summed E-state index contributed by atoms with van der Waals surface area (Å²) in [6.45, 7) is 17.7. The number of aryl methyl sites for hydroxylation is 2. The molecule has 4 nitrogen and oxygen atoms in total. The number of benzene rings is 10. The van der Waals surface area contributed by atoms with Gasteiger partial charge >= 0.3 is 0 Å². The lowest BCUT2D eigenvalue weighted by Gasteiger charge is -2.30. The Morgan fingerprint density at radius 1 is 0.348 bits per heavy atom. The van der Waals surface area contributed by atoms with Gasteiger partial charge in [-0.25, -0.2) is 0 Å². The molecule has 0 radical (unpaired) electrons. The Morgan fingerprint density at radius 2 is 0.652 bits per heavy atom. The van der Waals surface area contributed by atoms with Crippen LogP contribution < -0.4 is 9.80 Å². The number of nitrogens with zero attached hydrogens (tertiary/aromatic N) is 4. The van der Waals surface area contributed by atoms with E-state index >= 15 is 0 Å². The molecule has 0 amide bonds. The molecule has 320 valence electrons. The smallest absolute Gasteiger partial charge is 0.101 e. The second-order valence-corrected chi connectivity index (χ2v) is 19.8. The van der Waals surface area contributed by atoms with Gasteiger partial charge in [0.25, 0.3) is 0 Å². The number of fused-ring (bicyclic) bond motifs is 10. The molecule has 10 rings (SSSR count). The van der Waals surface area contributed by atoms with E-state index in [0.29, 0.717) is 11.1 Å². The second-order valence-electron chi connectivity index (χ2n) is 19.8. The zero-order valence-corrected chi connectivity index (χ0v) is 39.0. The maximum absolute atomic E-state index is 10.6. The Balaban J connectivity index is 1.36. The Morgan fingerprint density at radius 3 is 0.955 bits per heavy atom. The molecule has 10 aromatic carbocycles. The minimum atomic E-state index is 0.000254. The Hall–Kier alpha value is -7.92. The van der Waals surface area contributed by atoms with Crippen LogP contribution in [0.4, 0.5) is 34.1 Å². The van der Waals surface area contributed by atoms with Crippen LogP contribution in [-0.2, 0) is 10.8 Å². The van der Waals surface area contributed by atoms with Crippen LogP contribution in [0.5, 0.6) is 0 Å². The lowest BCUT2D eigenvalue weighted by atomic mass is 9.85. The maximum atomic E-state index is 10.6. The van der Waals surface area contributed by atoms with Crippen molar-refractivity contribution in [2.24, 2.45) is 0 Å². The molecule has 0 saturated heterocycles. The number of nitriles is 2. The standard InChI is InChI=1S/C62H52N4/c1-39-17-25-45(26-18-39)65(47-29-21-43(22-30-47)61(3,4)5)57-35-55-53-33-41(37-63)42(38-64)34-54(53)56-36-58(50-14-10-12-16-52(50)60(56)59(55)51-15-11-9-13-49(51)57)66(46-27-19-40(2)20-28-46)48-31-23-44(24-32-48)62(6,7)8/h9-36H,1-8H3. The number of anilines is 6. The summed E-state index contributed by atoms with van der Waals surface area (Å²) in [7, 11) is 0. The normalized spacial score (nSPS) is 11.9. The molecule has 4 heteroatoms. The zero-order chi connectivity index (χ0) is 46.1. The van der Waals surface area contributed by atoms with Crippen LogP contribution in [0.2, 0.25) is 0 Å². The molecular formula is C62H52N4. The van der Waals surface area contributed by atoms with Crippen molar-refractivity contribution in [1.82, 2.24) is 0 Å². The number of hydrogen-bond acceptors (Lipinski definition) is 4. The topological polar surface area (TPSA) is 54.1 Å². The lowest BCUT2D eigenvalue weighted by Crippen LogP contribution is -2.14. The van der Waals surface area contributed by atoms with Crippen LogP contribution in [-0.4, -0.2) is 0 Å². The summed E-state index contributed by atoms with van der Waals surface area (Å²) in [6, 6.07) is 66.2. The summed E-state index contributed by atoms with van der Waals surface area (Å²) < 4.78 is 0. The highest BCUT2D eigenvalue weighted by atomic mass is 15.1. The summed E-state index contributed by atoms with van der Waals surface area (Å²) in [6.07, 6.45) is 0. The average Bonchev–Trinajstić information content (AvgIpc) is 3.32. The van der Waals surface area contributed by atoms with Crippen molar-refractivity contribution in [3.8, 4) is 12.1 Å². The number of hydrogen-bond donors (Lipinski definition) is 0. The van der Waals surface area contributed by atoms with Gasteiger partial charge in [-0.1, -0.05) is 150 Å². The Labute approximate surface area is 388 Å². The molecule has 0 aliphatic carbocycles. The second kappa shape index (κ2) is 16.0. The van der Waals surface area contributed by atoms with Crippen molar-refractivity contribution in [2.75, 3.05) is 9.80 Å². The summed E-state index contributed by atoms with van der Waals surface area (Å²) in [4.78, 5) is 4.73. The van der Waals surface area contributed by atoms with Gasteiger partial charge in [0.1, 0.15) is 12.1 Å². The van der Waals surface area contributed by atoms with E-state index in [4.69, 9.17) is 0 Å². The monoisotopic (exact) mass is 852 g/mol. The highest BCUT2D eigenvalue weighted by molar-refractivity contribution is 6.39. The third kappa shape index (κ3) is 7.17. The van der Waals surface area contributed by atoms with Gasteiger partial charge in [0.2, 0.25) is 0 Å². The predicted octanol–water partition coefficient (Wildman–Crippen LogP) is 17.3. The summed E-state index contributed by atoms with van der Waals surface area (Å²) in [5, 5.41) is 31.7. The molecule has 0 N–H and O–H groups in total. The molecule has 0 atom stereocenters. The highest BCUT2D eigenvalue weighted by Gasteiger charge is 2.25. The van der Waals surface area contributed by atoms with Gasteiger partial charge in [-0.3, -0.25) is 0 Å². The van der Waals surface area contributed by atoms with E-state index in [-0.39, 0.29) is 10.8 Å². The van der Waals surface area contributed by atoms with E-state index in [9.17, 15) is 10.5 Å². The third-order valence-electron chi connectivity index (χ3n) is 13.3. The summed E-state index contributed by atoms with van der Waals surface area (Å²) in [5.41, 5.74) is 11.9. The quantitative estimate of drug-likeness (QED) is 0.156. The third-order valence-corrected chi connectivity index (χ3v) is 13.3. The van der Waals surface area contributed by atoms with Gasteiger partial charge in [0, 0.05) is 33.5 Å². The molecule has 0 unspecified atom stereocenters. The van der Waals surface area contributed by atoms with E-state index in [1.165, 1.54) is 22.3 Å². The predicted molar refractivity (Wildman–Crippen MR) is 280 cm³/mol. The first-order valence-corrected chi connectivity index (χ1v) is 22.8. The minimum Gasteiger partial charge on any atom is -0.310 e. The van der Waals surface area contributed by atoms with Crippen molar-refractivity contribution < 1.29 is 0 Å². The van der Waals surface area contributed by atoms with Gasteiger partial charge < -0.3 is 9.80 Å². The fourth-order valence-corrected chi connectivity index (χ4v) is 9.74. The summed E-state index contributed by atoms with van der Waals surface area (Å²) >= 11 is 0. The average molecular weight is 853 g/mol. The van der Waals surface area contributed by atoms with Crippen molar-refractivity contribution in [3.05, 3.63) is 203 Å². The SMILES string of the molecule is Cc1ccc(N(c2ccc(C(C)(C)C)cc2)c2cc3c4cc(C#N)c(C#N)cc4c4cc(N(c5ccc(C)cc5)c5ccc(C(C)(C)C)cc5)c5ccccc5c4c3c3ccccc23)cc1. The Kier molecular flexibility index (Phi) is 10.2. The van der Waals surface area contributed by atoms with Crippen molar-refractivity contribution in [1.29, 1.82) is 10.5 Å². The fourth-order valence-electron chi connectivity index (χ4n) is 9.74. The van der Waals surface area contributed by atoms with Crippen LogP contribution in [0.25, 0.3) is 53.9 Å². The van der Waals surface area contributed by atoms with Crippen LogP contribution in [0.15, 0.2) is 170 Å². The molecule has 0 aliphatic rings. The molecule has 0 saturated carbocycles. The van der Waals surface area contributed by atoms with E-state index in [0.717, 1.165) is 88.0 Å². The van der Waals surface area contributed by atoms with Crippen LogP contribution in [0, 0.1) is 36.5 Å². The molecule has 10 aromatic rings. The maximum Gasteiger partial charge on any atom is 0.101 e. The van der Waals surface area contributed by atoms with Crippen LogP contribution >= 0.6 is 0 Å². The molecule has 0 spiro atoms. The van der Waals surface area contributed by atoms with Gasteiger partial charge in [-0.2, -0.15) is 10.5 Å². The van der Waals surface area contributed by atoms with E-state index in [2.05, 4.69) is 235 Å². The van der Waals surface area contributed by atoms with Crippen molar-refractivity contribution in [2.45, 2.75) is 66.2 Å².